The van der Waals surface area contributed by atoms with Gasteiger partial charge < -0.3 is 14.2 Å². The van der Waals surface area contributed by atoms with E-state index in [0.29, 0.717) is 18.8 Å². The van der Waals surface area contributed by atoms with Crippen molar-refractivity contribution in [3.8, 4) is 5.75 Å². The van der Waals surface area contributed by atoms with E-state index in [1.165, 1.54) is 180 Å². The number of hydrogen-bond acceptors (Lipinski definition) is 4. The lowest BCUT2D eigenvalue weighted by Gasteiger charge is -2.25. The Bertz CT molecular complexity index is 974. The van der Waals surface area contributed by atoms with Crippen LogP contribution in [0.5, 0.6) is 5.75 Å². The van der Waals surface area contributed by atoms with Gasteiger partial charge in [-0.2, -0.15) is 0 Å². The normalized spacial score (nSPS) is 12.3. The number of rotatable bonds is 38. The Kier molecular flexibility index (Phi) is 31.6. The molecule has 0 aliphatic rings. The molecule has 4 nitrogen and oxygen atoms in total. The van der Waals surface area contributed by atoms with Crippen molar-refractivity contribution < 1.29 is 18.7 Å². The van der Waals surface area contributed by atoms with Crippen LogP contribution in [0.3, 0.4) is 0 Å². The van der Waals surface area contributed by atoms with Crippen molar-refractivity contribution in [3.05, 3.63) is 28.8 Å². The van der Waals surface area contributed by atoms with E-state index < -0.39 is 7.60 Å². The maximum absolute atomic E-state index is 14.2. The minimum absolute atomic E-state index is 0.126. The van der Waals surface area contributed by atoms with Gasteiger partial charge in [-0.25, -0.2) is 0 Å². The minimum Gasteiger partial charge on any atom is -0.507 e. The predicted octanol–water partition coefficient (Wildman–Crippen LogP) is 17.2. The monoisotopic (exact) mass is 763 g/mol. The molecule has 1 N–H and O–H groups in total. The zero-order valence-corrected chi connectivity index (χ0v) is 37.4. The first-order valence-electron chi connectivity index (χ1n) is 23.3. The first kappa shape index (κ1) is 50.2. The minimum atomic E-state index is -3.40. The molecular weight excluding hydrogens is 671 g/mol. The number of phenols is 1. The van der Waals surface area contributed by atoms with Crippen LogP contribution < -0.4 is 0 Å². The van der Waals surface area contributed by atoms with Crippen LogP contribution in [0.25, 0.3) is 0 Å². The molecule has 0 radical (unpaired) electrons. The lowest BCUT2D eigenvalue weighted by atomic mass is 9.84. The van der Waals surface area contributed by atoms with E-state index in [9.17, 15) is 9.67 Å². The molecule has 0 aliphatic carbocycles. The van der Waals surface area contributed by atoms with E-state index in [0.717, 1.165) is 36.8 Å². The molecule has 0 bridgehead atoms. The summed E-state index contributed by atoms with van der Waals surface area (Å²) in [7, 11) is -3.40. The van der Waals surface area contributed by atoms with Gasteiger partial charge in [0.15, 0.2) is 0 Å². The molecule has 1 aromatic carbocycles. The Balaban J connectivity index is 2.34. The van der Waals surface area contributed by atoms with Gasteiger partial charge in [0.05, 0.1) is 19.4 Å². The van der Waals surface area contributed by atoms with Crippen molar-refractivity contribution in [3.63, 3.8) is 0 Å². The Morgan fingerprint density at radius 2 is 0.774 bits per heavy atom. The van der Waals surface area contributed by atoms with Crippen LogP contribution in [-0.2, 0) is 25.2 Å². The summed E-state index contributed by atoms with van der Waals surface area (Å²) in [6.07, 6.45) is 42.5. The van der Waals surface area contributed by atoms with Crippen molar-refractivity contribution in [1.82, 2.24) is 0 Å². The summed E-state index contributed by atoms with van der Waals surface area (Å²) >= 11 is 0. The Hall–Kier alpha value is -0.830. The topological polar surface area (TPSA) is 55.8 Å². The first-order valence-corrected chi connectivity index (χ1v) is 25.1. The number of phenolic OH excluding ortho intramolecular Hbond substituents is 1. The van der Waals surface area contributed by atoms with E-state index in [1.807, 2.05) is 19.1 Å². The molecule has 0 saturated carbocycles. The van der Waals surface area contributed by atoms with Gasteiger partial charge in [0.1, 0.15) is 5.75 Å². The summed E-state index contributed by atoms with van der Waals surface area (Å²) in [5, 5.41) is 11.2. The number of aromatic hydroxyl groups is 1. The van der Waals surface area contributed by atoms with E-state index in [1.54, 1.807) is 0 Å². The maximum atomic E-state index is 14.2. The fourth-order valence-corrected chi connectivity index (χ4v) is 9.32. The van der Waals surface area contributed by atoms with Gasteiger partial charge in [0.25, 0.3) is 0 Å². The smallest absolute Gasteiger partial charge is 0.335 e. The SMILES string of the molecule is CCCCCCCCCCCCCCCCCCOP(=O)(Cc1cc(C)cc(C(C)(C)C)c1O)OCCCCCCCCCCCCCCCCCC. The summed E-state index contributed by atoms with van der Waals surface area (Å²) in [4.78, 5) is 0. The average molecular weight is 763 g/mol. The number of aryl methyl sites for hydroxylation is 1. The van der Waals surface area contributed by atoms with Crippen LogP contribution in [0.1, 0.15) is 257 Å². The second-order valence-electron chi connectivity index (χ2n) is 17.6. The maximum Gasteiger partial charge on any atom is 0.335 e. The molecule has 5 heteroatoms. The summed E-state index contributed by atoms with van der Waals surface area (Å²) in [5.41, 5.74) is 2.41. The lowest BCUT2D eigenvalue weighted by Crippen LogP contribution is -2.13. The zero-order valence-electron chi connectivity index (χ0n) is 36.5. The quantitative estimate of drug-likeness (QED) is 0.0538. The zero-order chi connectivity index (χ0) is 38.9. The molecule has 0 saturated heterocycles. The number of hydrogen-bond donors (Lipinski definition) is 1. The van der Waals surface area contributed by atoms with Crippen LogP contribution in [-0.4, -0.2) is 18.3 Å². The molecular formula is C48H91O4P. The molecule has 0 atom stereocenters. The van der Waals surface area contributed by atoms with Crippen LogP contribution in [0.2, 0.25) is 0 Å². The third-order valence-corrected chi connectivity index (χ3v) is 13.0. The molecule has 0 aromatic heterocycles. The van der Waals surface area contributed by atoms with Crippen LogP contribution in [0, 0.1) is 6.92 Å². The molecule has 0 heterocycles. The summed E-state index contributed by atoms with van der Waals surface area (Å²) < 4.78 is 26.4. The Labute approximate surface area is 331 Å². The summed E-state index contributed by atoms with van der Waals surface area (Å²) in [6, 6.07) is 3.99. The highest BCUT2D eigenvalue weighted by molar-refractivity contribution is 7.53. The number of unbranched alkanes of at least 4 members (excludes halogenated alkanes) is 30. The van der Waals surface area contributed by atoms with Crippen LogP contribution in [0.4, 0.5) is 0 Å². The highest BCUT2D eigenvalue weighted by atomic mass is 31.2. The standard InChI is InChI=1S/C48H91O4P/c1-7-9-11-13-15-17-19-21-23-25-27-29-31-33-35-37-39-51-53(50,43-45-41-44(3)42-46(47(45)49)48(4,5)6)52-40-38-36-34-32-30-28-26-24-22-20-18-16-14-12-10-8-2/h41-42,49H,7-40,43H2,1-6H3. The number of benzene rings is 1. The van der Waals surface area contributed by atoms with E-state index in [-0.39, 0.29) is 17.3 Å². The summed E-state index contributed by atoms with van der Waals surface area (Å²) in [6.45, 7) is 13.8. The molecule has 312 valence electrons. The second kappa shape index (κ2) is 33.3. The van der Waals surface area contributed by atoms with Crippen molar-refractivity contribution in [2.24, 2.45) is 0 Å². The fourth-order valence-electron chi connectivity index (χ4n) is 7.59. The molecule has 0 fully saturated rings. The average Bonchev–Trinajstić information content (AvgIpc) is 3.12. The van der Waals surface area contributed by atoms with E-state index in [2.05, 4.69) is 34.6 Å². The second-order valence-corrected chi connectivity index (χ2v) is 19.7. The van der Waals surface area contributed by atoms with Gasteiger partial charge in [-0.05, 0) is 30.7 Å². The molecule has 0 spiro atoms. The lowest BCUT2D eigenvalue weighted by molar-refractivity contribution is 0.196. The van der Waals surface area contributed by atoms with Crippen molar-refractivity contribution in [2.75, 3.05) is 13.2 Å². The van der Waals surface area contributed by atoms with Crippen molar-refractivity contribution >= 4 is 7.60 Å². The van der Waals surface area contributed by atoms with Gasteiger partial charge in [-0.1, -0.05) is 245 Å². The van der Waals surface area contributed by atoms with Gasteiger partial charge in [-0.15, -0.1) is 0 Å². The molecule has 1 aromatic rings. The largest absolute Gasteiger partial charge is 0.507 e. The van der Waals surface area contributed by atoms with Gasteiger partial charge in [0.2, 0.25) is 0 Å². The van der Waals surface area contributed by atoms with E-state index in [4.69, 9.17) is 9.05 Å². The third-order valence-electron chi connectivity index (χ3n) is 11.1. The Morgan fingerprint density at radius 3 is 1.06 bits per heavy atom. The van der Waals surface area contributed by atoms with Gasteiger partial charge >= 0.3 is 7.60 Å². The highest BCUT2D eigenvalue weighted by Crippen LogP contribution is 2.54. The molecule has 0 unspecified atom stereocenters. The van der Waals surface area contributed by atoms with Crippen molar-refractivity contribution in [1.29, 1.82) is 0 Å². The van der Waals surface area contributed by atoms with Gasteiger partial charge in [0, 0.05) is 5.56 Å². The molecule has 1 rings (SSSR count). The molecule has 53 heavy (non-hydrogen) atoms. The summed E-state index contributed by atoms with van der Waals surface area (Å²) in [5.74, 6) is 0.236. The first-order chi connectivity index (χ1) is 25.6. The fraction of sp³-hybridized carbons (Fsp3) is 0.875. The van der Waals surface area contributed by atoms with Crippen molar-refractivity contribution in [2.45, 2.75) is 259 Å². The predicted molar refractivity (Wildman–Crippen MR) is 234 cm³/mol. The van der Waals surface area contributed by atoms with Crippen LogP contribution in [0.15, 0.2) is 12.1 Å². The molecule has 0 aliphatic heterocycles. The third kappa shape index (κ3) is 28.3. The van der Waals surface area contributed by atoms with E-state index >= 15 is 0 Å². The highest BCUT2D eigenvalue weighted by Gasteiger charge is 2.29. The molecule has 0 amide bonds. The van der Waals surface area contributed by atoms with Gasteiger partial charge in [-0.3, -0.25) is 4.57 Å². The Morgan fingerprint density at radius 1 is 0.491 bits per heavy atom. The van der Waals surface area contributed by atoms with Crippen LogP contribution >= 0.6 is 7.60 Å².